The standard InChI is InChI=1S/C23H42O6P2/c1-8-23(18-28-31(26,27)29-30(7,24)25)22(6)17-11-16-21(5)15-10-14-20(4)13-9-12-19(2)3/h12,14,16H,8-11,13,15,17-18H2,1-7H3,(H,24,25)(H,26,27)/b20-14+,21-16+,23-22+. The molecule has 0 aromatic heterocycles. The first kappa shape index (κ1) is 30.3. The van der Waals surface area contributed by atoms with Crippen LogP contribution in [0.1, 0.15) is 86.5 Å². The minimum absolute atomic E-state index is 0.102. The van der Waals surface area contributed by atoms with Gasteiger partial charge in [-0.3, -0.25) is 9.09 Å². The summed E-state index contributed by atoms with van der Waals surface area (Å²) in [7, 11) is -8.67. The number of hydrogen-bond donors (Lipinski definition) is 2. The van der Waals surface area contributed by atoms with Crippen LogP contribution in [0.2, 0.25) is 0 Å². The highest BCUT2D eigenvalue weighted by Crippen LogP contribution is 2.58. The van der Waals surface area contributed by atoms with Crippen LogP contribution in [0.25, 0.3) is 0 Å². The Morgan fingerprint density at radius 1 is 0.839 bits per heavy atom. The lowest BCUT2D eigenvalue weighted by atomic mass is 10.0. The van der Waals surface area contributed by atoms with E-state index < -0.39 is 15.4 Å². The first-order chi connectivity index (χ1) is 14.3. The highest BCUT2D eigenvalue weighted by atomic mass is 31.3. The fraction of sp³-hybridized carbons (Fsp3) is 0.652. The van der Waals surface area contributed by atoms with Gasteiger partial charge in [-0.25, -0.2) is 8.88 Å². The van der Waals surface area contributed by atoms with Crippen LogP contribution in [0.4, 0.5) is 0 Å². The van der Waals surface area contributed by atoms with Gasteiger partial charge in [0.1, 0.15) is 0 Å². The summed E-state index contributed by atoms with van der Waals surface area (Å²) in [5.74, 6) is 0. The van der Waals surface area contributed by atoms with Gasteiger partial charge in [-0.15, -0.1) is 0 Å². The zero-order chi connectivity index (χ0) is 24.1. The molecule has 0 aliphatic rings. The quantitative estimate of drug-likeness (QED) is 0.185. The fourth-order valence-electron chi connectivity index (χ4n) is 2.95. The number of allylic oxidation sites excluding steroid dienone is 7. The van der Waals surface area contributed by atoms with Gasteiger partial charge >= 0.3 is 15.4 Å². The van der Waals surface area contributed by atoms with E-state index >= 15 is 0 Å². The predicted molar refractivity (Wildman–Crippen MR) is 130 cm³/mol. The summed E-state index contributed by atoms with van der Waals surface area (Å²) in [6.07, 6.45) is 13.5. The van der Waals surface area contributed by atoms with Crippen LogP contribution < -0.4 is 0 Å². The molecule has 180 valence electrons. The first-order valence-corrected chi connectivity index (χ1v) is 14.4. The molecular formula is C23H42O6P2. The molecule has 0 aliphatic heterocycles. The monoisotopic (exact) mass is 476 g/mol. The summed E-state index contributed by atoms with van der Waals surface area (Å²) < 4.78 is 32.1. The van der Waals surface area contributed by atoms with Gasteiger partial charge in [0, 0.05) is 6.66 Å². The molecule has 2 unspecified atom stereocenters. The van der Waals surface area contributed by atoms with Crippen molar-refractivity contribution in [2.75, 3.05) is 13.3 Å². The maximum absolute atomic E-state index is 11.8. The lowest BCUT2D eigenvalue weighted by Crippen LogP contribution is -2.01. The van der Waals surface area contributed by atoms with Gasteiger partial charge in [0.25, 0.3) is 0 Å². The van der Waals surface area contributed by atoms with Crippen molar-refractivity contribution in [3.63, 3.8) is 0 Å². The fourth-order valence-corrected chi connectivity index (χ4v) is 4.99. The highest BCUT2D eigenvalue weighted by Gasteiger charge is 2.30. The second-order valence-corrected chi connectivity index (χ2v) is 11.8. The molecule has 0 bridgehead atoms. The van der Waals surface area contributed by atoms with Gasteiger partial charge in [0.05, 0.1) is 6.61 Å². The molecule has 0 saturated heterocycles. The minimum Gasteiger partial charge on any atom is -0.324 e. The summed E-state index contributed by atoms with van der Waals surface area (Å²) in [5, 5.41) is 0. The number of hydrogen-bond acceptors (Lipinski definition) is 4. The third-order valence-corrected chi connectivity index (χ3v) is 7.31. The van der Waals surface area contributed by atoms with Crippen molar-refractivity contribution < 1.29 is 27.8 Å². The third-order valence-electron chi connectivity index (χ3n) is 4.82. The molecule has 0 radical (unpaired) electrons. The average molecular weight is 477 g/mol. The molecule has 0 heterocycles. The summed E-state index contributed by atoms with van der Waals surface area (Å²) in [6.45, 7) is 13.2. The Morgan fingerprint density at radius 2 is 1.32 bits per heavy atom. The lowest BCUT2D eigenvalue weighted by molar-refractivity contribution is 0.209. The van der Waals surface area contributed by atoms with E-state index in [1.807, 2.05) is 13.8 Å². The van der Waals surface area contributed by atoms with Gasteiger partial charge < -0.3 is 9.79 Å². The molecule has 2 N–H and O–H groups in total. The Kier molecular flexibility index (Phi) is 14.8. The predicted octanol–water partition coefficient (Wildman–Crippen LogP) is 7.86. The minimum atomic E-state index is -4.56. The number of phosphoric acid groups is 1. The molecule has 0 aromatic carbocycles. The van der Waals surface area contributed by atoms with E-state index in [0.717, 1.165) is 56.3 Å². The van der Waals surface area contributed by atoms with Crippen molar-refractivity contribution in [1.29, 1.82) is 0 Å². The Morgan fingerprint density at radius 3 is 1.77 bits per heavy atom. The molecule has 0 aliphatic carbocycles. The summed E-state index contributed by atoms with van der Waals surface area (Å²) in [6, 6.07) is 0. The number of phosphoric ester groups is 1. The summed E-state index contributed by atoms with van der Waals surface area (Å²) >= 11 is 0. The van der Waals surface area contributed by atoms with E-state index in [-0.39, 0.29) is 6.61 Å². The first-order valence-electron chi connectivity index (χ1n) is 10.9. The van der Waals surface area contributed by atoms with Crippen molar-refractivity contribution in [1.82, 2.24) is 0 Å². The van der Waals surface area contributed by atoms with E-state index in [0.29, 0.717) is 6.42 Å². The van der Waals surface area contributed by atoms with E-state index in [1.54, 1.807) is 0 Å². The van der Waals surface area contributed by atoms with Gasteiger partial charge in [0.15, 0.2) is 0 Å². The molecule has 0 rings (SSSR count). The van der Waals surface area contributed by atoms with Crippen molar-refractivity contribution in [2.24, 2.45) is 0 Å². The van der Waals surface area contributed by atoms with E-state index in [1.165, 1.54) is 16.7 Å². The maximum Gasteiger partial charge on any atom is 0.479 e. The van der Waals surface area contributed by atoms with Crippen molar-refractivity contribution >= 4 is 15.4 Å². The second-order valence-electron chi connectivity index (χ2n) is 8.36. The zero-order valence-electron chi connectivity index (χ0n) is 20.3. The topological polar surface area (TPSA) is 93.1 Å². The Labute approximate surface area is 189 Å². The van der Waals surface area contributed by atoms with Crippen LogP contribution in [0.15, 0.2) is 46.1 Å². The molecule has 0 aromatic rings. The number of rotatable bonds is 15. The highest BCUT2D eigenvalue weighted by molar-refractivity contribution is 7.63. The average Bonchev–Trinajstić information content (AvgIpc) is 2.59. The van der Waals surface area contributed by atoms with Crippen molar-refractivity contribution in [3.8, 4) is 0 Å². The molecule has 0 fully saturated rings. The normalized spacial score (nSPS) is 17.6. The molecule has 31 heavy (non-hydrogen) atoms. The maximum atomic E-state index is 11.8. The van der Waals surface area contributed by atoms with E-state index in [9.17, 15) is 14.0 Å². The zero-order valence-corrected chi connectivity index (χ0v) is 22.1. The van der Waals surface area contributed by atoms with Crippen molar-refractivity contribution in [2.45, 2.75) is 86.5 Å². The van der Waals surface area contributed by atoms with Gasteiger partial charge in [-0.2, -0.15) is 0 Å². The van der Waals surface area contributed by atoms with Gasteiger partial charge in [-0.1, -0.05) is 47.4 Å². The molecule has 2 atom stereocenters. The van der Waals surface area contributed by atoms with Crippen LogP contribution in [0.3, 0.4) is 0 Å². The van der Waals surface area contributed by atoms with Crippen LogP contribution in [0, 0.1) is 0 Å². The van der Waals surface area contributed by atoms with Crippen LogP contribution in [-0.4, -0.2) is 23.1 Å². The third kappa shape index (κ3) is 17.5. The van der Waals surface area contributed by atoms with Crippen LogP contribution in [0.5, 0.6) is 0 Å². The Bertz CT molecular complexity index is 767. The molecule has 0 spiro atoms. The molecule has 0 amide bonds. The molecular weight excluding hydrogens is 434 g/mol. The van der Waals surface area contributed by atoms with Crippen LogP contribution in [-0.2, 0) is 18.0 Å². The van der Waals surface area contributed by atoms with E-state index in [4.69, 9.17) is 9.42 Å². The van der Waals surface area contributed by atoms with E-state index in [2.05, 4.69) is 50.2 Å². The van der Waals surface area contributed by atoms with Gasteiger partial charge in [-0.05, 0) is 85.1 Å². The summed E-state index contributed by atoms with van der Waals surface area (Å²) in [5.41, 5.74) is 6.13. The van der Waals surface area contributed by atoms with Gasteiger partial charge in [0.2, 0.25) is 0 Å². The second kappa shape index (κ2) is 15.2. The Hall–Kier alpha value is -0.740. The van der Waals surface area contributed by atoms with Crippen molar-refractivity contribution in [3.05, 3.63) is 46.1 Å². The molecule has 6 nitrogen and oxygen atoms in total. The summed E-state index contributed by atoms with van der Waals surface area (Å²) in [4.78, 5) is 18.7. The lowest BCUT2D eigenvalue weighted by Gasteiger charge is -2.16. The molecule has 0 saturated carbocycles. The molecule has 8 heteroatoms. The SMILES string of the molecule is CC/C(COP(=O)(O)OP(C)(=O)O)=C(/C)CC/C=C(\C)CC/C=C(\C)CCC=C(C)C. The smallest absolute Gasteiger partial charge is 0.324 e. The Balaban J connectivity index is 4.55. The largest absolute Gasteiger partial charge is 0.479 e. The van der Waals surface area contributed by atoms with Crippen LogP contribution >= 0.6 is 15.4 Å².